The van der Waals surface area contributed by atoms with E-state index in [1.54, 1.807) is 0 Å². The van der Waals surface area contributed by atoms with Crippen LogP contribution in [0.2, 0.25) is 5.02 Å². The molecule has 0 saturated heterocycles. The monoisotopic (exact) mass is 321 g/mol. The highest BCUT2D eigenvalue weighted by atomic mass is 79.9. The van der Waals surface area contributed by atoms with Crippen molar-refractivity contribution in [1.29, 1.82) is 0 Å². The van der Waals surface area contributed by atoms with Crippen molar-refractivity contribution in [2.45, 2.75) is 0 Å². The quantitative estimate of drug-likeness (QED) is 0.736. The molecular weight excluding hydrogens is 314 g/mol. The van der Waals surface area contributed by atoms with Crippen molar-refractivity contribution in [2.24, 2.45) is 0 Å². The Labute approximate surface area is 117 Å². The molecule has 0 saturated carbocycles. The average Bonchev–Trinajstić information content (AvgIpc) is 2.71. The molecule has 0 bridgehead atoms. The largest absolute Gasteiger partial charge is 0.383 e. The third-order valence-electron chi connectivity index (χ3n) is 2.75. The topological polar surface area (TPSA) is 43.3 Å². The molecule has 5 heteroatoms. The van der Waals surface area contributed by atoms with Crippen LogP contribution in [0.4, 0.5) is 5.82 Å². The summed E-state index contributed by atoms with van der Waals surface area (Å²) in [4.78, 5) is 4.52. The molecule has 3 rings (SSSR count). The van der Waals surface area contributed by atoms with Gasteiger partial charge in [-0.1, -0.05) is 33.6 Å². The number of rotatable bonds is 1. The maximum absolute atomic E-state index is 6.20. The highest BCUT2D eigenvalue weighted by Crippen LogP contribution is 2.33. The number of pyridine rings is 1. The molecule has 0 unspecified atom stereocenters. The Morgan fingerprint density at radius 1 is 1.22 bits per heavy atom. The molecule has 0 aliphatic heterocycles. The number of hydrogen-bond acceptors (Lipinski definition) is 2. The van der Waals surface area contributed by atoms with Crippen LogP contribution < -0.4 is 5.73 Å². The van der Waals surface area contributed by atoms with Crippen LogP contribution in [-0.2, 0) is 0 Å². The third-order valence-corrected chi connectivity index (χ3v) is 3.57. The second-order valence-corrected chi connectivity index (χ2v) is 5.22. The second-order valence-electron chi connectivity index (χ2n) is 3.90. The van der Waals surface area contributed by atoms with Crippen molar-refractivity contribution in [3.8, 4) is 11.3 Å². The van der Waals surface area contributed by atoms with Gasteiger partial charge in [-0.25, -0.2) is 4.98 Å². The first-order chi connectivity index (χ1) is 8.66. The minimum Gasteiger partial charge on any atom is -0.383 e. The molecule has 0 radical (unpaired) electrons. The van der Waals surface area contributed by atoms with Crippen molar-refractivity contribution in [3.63, 3.8) is 0 Å². The van der Waals surface area contributed by atoms with Crippen LogP contribution >= 0.6 is 27.5 Å². The van der Waals surface area contributed by atoms with Crippen LogP contribution in [0.1, 0.15) is 0 Å². The maximum Gasteiger partial charge on any atom is 0.139 e. The van der Waals surface area contributed by atoms with E-state index < -0.39 is 0 Å². The lowest BCUT2D eigenvalue weighted by atomic mass is 10.1. The number of anilines is 1. The van der Waals surface area contributed by atoms with Gasteiger partial charge in [-0.05, 0) is 30.3 Å². The fourth-order valence-electron chi connectivity index (χ4n) is 1.89. The average molecular weight is 323 g/mol. The zero-order valence-corrected chi connectivity index (χ0v) is 11.6. The number of benzene rings is 1. The number of nitrogen functional groups attached to an aromatic ring is 1. The Bertz CT molecular complexity index is 736. The molecular formula is C13H9BrClN3. The summed E-state index contributed by atoms with van der Waals surface area (Å²) < 4.78 is 2.78. The Balaban J connectivity index is 2.31. The summed E-state index contributed by atoms with van der Waals surface area (Å²) in [5.41, 5.74) is 8.45. The van der Waals surface area contributed by atoms with Gasteiger partial charge in [-0.15, -0.1) is 0 Å². The Kier molecular flexibility index (Phi) is 2.76. The van der Waals surface area contributed by atoms with Gasteiger partial charge in [0.25, 0.3) is 0 Å². The Morgan fingerprint density at radius 3 is 2.83 bits per heavy atom. The molecule has 2 heterocycles. The summed E-state index contributed by atoms with van der Waals surface area (Å²) in [7, 11) is 0. The van der Waals surface area contributed by atoms with Crippen LogP contribution in [0.5, 0.6) is 0 Å². The number of nitrogens with two attached hydrogens (primary N) is 1. The molecule has 18 heavy (non-hydrogen) atoms. The van der Waals surface area contributed by atoms with Gasteiger partial charge in [0.2, 0.25) is 0 Å². The maximum atomic E-state index is 6.20. The number of nitrogens with zero attached hydrogens (tertiary/aromatic N) is 2. The standard InChI is InChI=1S/C13H9BrClN3/c14-8-4-5-10(15)9(7-8)12-13(16)18-6-2-1-3-11(18)17-12/h1-7H,16H2. The Hall–Kier alpha value is -1.52. The highest BCUT2D eigenvalue weighted by Gasteiger charge is 2.13. The summed E-state index contributed by atoms with van der Waals surface area (Å²) >= 11 is 9.63. The van der Waals surface area contributed by atoms with E-state index in [1.165, 1.54) is 0 Å². The first-order valence-corrected chi connectivity index (χ1v) is 6.52. The Morgan fingerprint density at radius 2 is 2.06 bits per heavy atom. The summed E-state index contributed by atoms with van der Waals surface area (Å²) in [6.45, 7) is 0. The minimum absolute atomic E-state index is 0.589. The van der Waals surface area contributed by atoms with E-state index in [-0.39, 0.29) is 0 Å². The predicted octanol–water partition coefficient (Wildman–Crippen LogP) is 4.00. The smallest absolute Gasteiger partial charge is 0.139 e. The van der Waals surface area contributed by atoms with Crippen LogP contribution in [0, 0.1) is 0 Å². The number of hydrogen-bond donors (Lipinski definition) is 1. The van der Waals surface area contributed by atoms with E-state index in [0.29, 0.717) is 16.5 Å². The van der Waals surface area contributed by atoms with Crippen molar-refractivity contribution in [1.82, 2.24) is 9.38 Å². The number of halogens is 2. The van der Waals surface area contributed by atoms with Gasteiger partial charge in [-0.3, -0.25) is 4.40 Å². The summed E-state index contributed by atoms with van der Waals surface area (Å²) in [5.74, 6) is 0.589. The summed E-state index contributed by atoms with van der Waals surface area (Å²) in [6.07, 6.45) is 1.88. The van der Waals surface area contributed by atoms with Crippen molar-refractivity contribution < 1.29 is 0 Å². The van der Waals surface area contributed by atoms with Gasteiger partial charge in [0.05, 0.1) is 5.02 Å². The molecule has 0 aliphatic rings. The molecule has 2 N–H and O–H groups in total. The summed E-state index contributed by atoms with van der Waals surface area (Å²) in [6, 6.07) is 11.4. The van der Waals surface area contributed by atoms with E-state index in [1.807, 2.05) is 47.0 Å². The van der Waals surface area contributed by atoms with E-state index >= 15 is 0 Å². The van der Waals surface area contributed by atoms with Crippen molar-refractivity contribution >= 4 is 39.0 Å². The van der Waals surface area contributed by atoms with Crippen LogP contribution in [-0.4, -0.2) is 9.38 Å². The molecule has 90 valence electrons. The molecule has 3 aromatic rings. The minimum atomic E-state index is 0.589. The van der Waals surface area contributed by atoms with Gasteiger partial charge in [0.1, 0.15) is 17.2 Å². The fourth-order valence-corrected chi connectivity index (χ4v) is 2.46. The lowest BCUT2D eigenvalue weighted by Crippen LogP contribution is -1.93. The van der Waals surface area contributed by atoms with E-state index in [2.05, 4.69) is 20.9 Å². The molecule has 0 amide bonds. The van der Waals surface area contributed by atoms with Crippen LogP contribution in [0.25, 0.3) is 16.9 Å². The SMILES string of the molecule is Nc1c(-c2cc(Br)ccc2Cl)nc2ccccn12. The normalized spacial score (nSPS) is 11.0. The van der Waals surface area contributed by atoms with Gasteiger partial charge >= 0.3 is 0 Å². The highest BCUT2D eigenvalue weighted by molar-refractivity contribution is 9.10. The predicted molar refractivity (Wildman–Crippen MR) is 77.8 cm³/mol. The number of fused-ring (bicyclic) bond motifs is 1. The van der Waals surface area contributed by atoms with Crippen LogP contribution in [0.3, 0.4) is 0 Å². The molecule has 0 spiro atoms. The number of aromatic nitrogens is 2. The zero-order valence-electron chi connectivity index (χ0n) is 9.27. The lowest BCUT2D eigenvalue weighted by molar-refractivity contribution is 1.20. The zero-order chi connectivity index (χ0) is 12.7. The van der Waals surface area contributed by atoms with Gasteiger partial charge in [0, 0.05) is 16.2 Å². The molecule has 0 atom stereocenters. The van der Waals surface area contributed by atoms with Crippen molar-refractivity contribution in [2.75, 3.05) is 5.73 Å². The molecule has 3 nitrogen and oxygen atoms in total. The van der Waals surface area contributed by atoms with Crippen molar-refractivity contribution in [3.05, 3.63) is 52.1 Å². The van der Waals surface area contributed by atoms with Crippen LogP contribution in [0.15, 0.2) is 47.1 Å². The molecule has 1 aromatic carbocycles. The van der Waals surface area contributed by atoms with Gasteiger partial charge in [-0.2, -0.15) is 0 Å². The summed E-state index contributed by atoms with van der Waals surface area (Å²) in [5, 5.41) is 0.633. The molecule has 2 aromatic heterocycles. The van der Waals surface area contributed by atoms with Gasteiger partial charge in [0.15, 0.2) is 0 Å². The lowest BCUT2D eigenvalue weighted by Gasteiger charge is -2.03. The van der Waals surface area contributed by atoms with E-state index in [4.69, 9.17) is 17.3 Å². The molecule has 0 fully saturated rings. The van der Waals surface area contributed by atoms with E-state index in [9.17, 15) is 0 Å². The second kappa shape index (κ2) is 4.30. The third kappa shape index (κ3) is 1.78. The fraction of sp³-hybridized carbons (Fsp3) is 0. The first kappa shape index (κ1) is 11.6. The van der Waals surface area contributed by atoms with E-state index in [0.717, 1.165) is 15.7 Å². The first-order valence-electron chi connectivity index (χ1n) is 5.35. The van der Waals surface area contributed by atoms with Gasteiger partial charge < -0.3 is 5.73 Å². The molecule has 0 aliphatic carbocycles. The number of imidazole rings is 1.